The summed E-state index contributed by atoms with van der Waals surface area (Å²) in [5.41, 5.74) is 6.96. The van der Waals surface area contributed by atoms with Crippen LogP contribution in [0.1, 0.15) is 44.2 Å². The van der Waals surface area contributed by atoms with Gasteiger partial charge in [-0.1, -0.05) is 32.4 Å². The predicted molar refractivity (Wildman–Crippen MR) is 80.3 cm³/mol. The summed E-state index contributed by atoms with van der Waals surface area (Å²) in [6, 6.07) is 4.83. The summed E-state index contributed by atoms with van der Waals surface area (Å²) in [6.07, 6.45) is 3.57. The molecular formula is C16H24FN3. The molecule has 2 rings (SSSR count). The molecule has 110 valence electrons. The first-order chi connectivity index (χ1) is 9.43. The molecule has 3 nitrogen and oxygen atoms in total. The third kappa shape index (κ3) is 3.37. The molecule has 1 aromatic rings. The monoisotopic (exact) mass is 277 g/mol. The fourth-order valence-corrected chi connectivity index (χ4v) is 2.69. The Labute approximate surface area is 120 Å². The van der Waals surface area contributed by atoms with Gasteiger partial charge in [0.05, 0.1) is 0 Å². The highest BCUT2D eigenvalue weighted by Crippen LogP contribution is 2.34. The summed E-state index contributed by atoms with van der Waals surface area (Å²) in [5.74, 6) is -0.353. The summed E-state index contributed by atoms with van der Waals surface area (Å²) in [6.45, 7) is 7.28. The second-order valence-corrected chi connectivity index (χ2v) is 6.16. The SMILES string of the molecule is CCC1(C)CCN(Cc2ccc(C(=N)N)cc2F)CC1. The lowest BCUT2D eigenvalue weighted by atomic mass is 9.78. The van der Waals surface area contributed by atoms with Crippen LogP contribution in [-0.4, -0.2) is 23.8 Å². The molecule has 1 saturated heterocycles. The van der Waals surface area contributed by atoms with E-state index in [-0.39, 0.29) is 11.7 Å². The van der Waals surface area contributed by atoms with Crippen LogP contribution in [0.15, 0.2) is 18.2 Å². The lowest BCUT2D eigenvalue weighted by molar-refractivity contribution is 0.109. The molecule has 0 amide bonds. The van der Waals surface area contributed by atoms with Crippen LogP contribution in [-0.2, 0) is 6.54 Å². The molecule has 0 aliphatic carbocycles. The second kappa shape index (κ2) is 5.92. The van der Waals surface area contributed by atoms with Crippen LogP contribution >= 0.6 is 0 Å². The highest BCUT2D eigenvalue weighted by Gasteiger charge is 2.28. The zero-order valence-electron chi connectivity index (χ0n) is 12.4. The van der Waals surface area contributed by atoms with Crippen molar-refractivity contribution in [2.45, 2.75) is 39.7 Å². The maximum Gasteiger partial charge on any atom is 0.128 e. The maximum atomic E-state index is 14.0. The Morgan fingerprint density at radius 3 is 2.55 bits per heavy atom. The van der Waals surface area contributed by atoms with Crippen LogP contribution in [0.3, 0.4) is 0 Å². The van der Waals surface area contributed by atoms with E-state index in [1.54, 1.807) is 12.1 Å². The van der Waals surface area contributed by atoms with Gasteiger partial charge in [0.2, 0.25) is 0 Å². The summed E-state index contributed by atoms with van der Waals surface area (Å²) in [4.78, 5) is 2.31. The molecule has 0 aromatic heterocycles. The molecule has 0 spiro atoms. The average molecular weight is 277 g/mol. The van der Waals surface area contributed by atoms with Gasteiger partial charge < -0.3 is 5.73 Å². The van der Waals surface area contributed by atoms with Crippen LogP contribution < -0.4 is 5.73 Å². The summed E-state index contributed by atoms with van der Waals surface area (Å²) in [7, 11) is 0. The number of likely N-dealkylation sites (tertiary alicyclic amines) is 1. The summed E-state index contributed by atoms with van der Waals surface area (Å²) < 4.78 is 14.0. The summed E-state index contributed by atoms with van der Waals surface area (Å²) >= 11 is 0. The number of nitrogens with two attached hydrogens (primary N) is 1. The fourth-order valence-electron chi connectivity index (χ4n) is 2.69. The van der Waals surface area contributed by atoms with Crippen LogP contribution in [0.5, 0.6) is 0 Å². The van der Waals surface area contributed by atoms with Crippen LogP contribution in [0.4, 0.5) is 4.39 Å². The van der Waals surface area contributed by atoms with Crippen LogP contribution in [0.25, 0.3) is 0 Å². The van der Waals surface area contributed by atoms with Crippen molar-refractivity contribution in [1.29, 1.82) is 5.41 Å². The van der Waals surface area contributed by atoms with Crippen molar-refractivity contribution < 1.29 is 4.39 Å². The van der Waals surface area contributed by atoms with Crippen molar-refractivity contribution in [3.63, 3.8) is 0 Å². The van der Waals surface area contributed by atoms with Gasteiger partial charge in [0, 0.05) is 17.7 Å². The number of hydrogen-bond donors (Lipinski definition) is 2. The Kier molecular flexibility index (Phi) is 4.43. The van der Waals surface area contributed by atoms with Crippen molar-refractivity contribution in [2.75, 3.05) is 13.1 Å². The molecule has 1 aliphatic rings. The zero-order valence-corrected chi connectivity index (χ0v) is 12.4. The lowest BCUT2D eigenvalue weighted by Gasteiger charge is -2.39. The van der Waals surface area contributed by atoms with E-state index in [0.29, 0.717) is 23.1 Å². The number of benzene rings is 1. The van der Waals surface area contributed by atoms with Gasteiger partial charge in [0.25, 0.3) is 0 Å². The molecule has 20 heavy (non-hydrogen) atoms. The minimum atomic E-state index is -0.262. The third-order valence-corrected chi connectivity index (χ3v) is 4.67. The smallest absolute Gasteiger partial charge is 0.128 e. The fraction of sp³-hybridized carbons (Fsp3) is 0.562. The number of hydrogen-bond acceptors (Lipinski definition) is 2. The first-order valence-corrected chi connectivity index (χ1v) is 7.29. The first-order valence-electron chi connectivity index (χ1n) is 7.29. The van der Waals surface area contributed by atoms with Crippen molar-refractivity contribution >= 4 is 5.84 Å². The van der Waals surface area contributed by atoms with E-state index < -0.39 is 0 Å². The molecule has 1 heterocycles. The van der Waals surface area contributed by atoms with Crippen molar-refractivity contribution in [3.05, 3.63) is 35.1 Å². The van der Waals surface area contributed by atoms with Gasteiger partial charge in [0.15, 0.2) is 0 Å². The van der Waals surface area contributed by atoms with E-state index in [0.717, 1.165) is 13.1 Å². The standard InChI is InChI=1S/C16H24FN3/c1-3-16(2)6-8-20(9-7-16)11-13-5-4-12(15(18)19)10-14(13)17/h4-5,10H,3,6-9,11H2,1-2H3,(H3,18,19). The van der Waals surface area contributed by atoms with Crippen LogP contribution in [0, 0.1) is 16.6 Å². The molecule has 1 aliphatic heterocycles. The number of nitrogens with zero attached hydrogens (tertiary/aromatic N) is 1. The molecule has 1 fully saturated rings. The highest BCUT2D eigenvalue weighted by atomic mass is 19.1. The van der Waals surface area contributed by atoms with Crippen molar-refractivity contribution in [2.24, 2.45) is 11.1 Å². The molecule has 0 atom stereocenters. The van der Waals surface area contributed by atoms with Crippen molar-refractivity contribution in [1.82, 2.24) is 4.90 Å². The first kappa shape index (κ1) is 15.0. The average Bonchev–Trinajstić information content (AvgIpc) is 2.43. The number of nitrogen functional groups attached to an aromatic ring is 1. The highest BCUT2D eigenvalue weighted by molar-refractivity contribution is 5.94. The van der Waals surface area contributed by atoms with E-state index in [1.165, 1.54) is 25.3 Å². The molecule has 0 saturated carbocycles. The van der Waals surface area contributed by atoms with Gasteiger partial charge >= 0.3 is 0 Å². The molecule has 0 bridgehead atoms. The van der Waals surface area contributed by atoms with E-state index in [4.69, 9.17) is 11.1 Å². The normalized spacial score (nSPS) is 18.9. The Bertz CT molecular complexity index is 490. The van der Waals surface area contributed by atoms with E-state index in [2.05, 4.69) is 18.7 Å². The molecule has 1 aromatic carbocycles. The number of halogens is 1. The number of amidine groups is 1. The molecular weight excluding hydrogens is 253 g/mol. The van der Waals surface area contributed by atoms with E-state index in [9.17, 15) is 4.39 Å². The van der Waals surface area contributed by atoms with Gasteiger partial charge in [-0.3, -0.25) is 10.3 Å². The molecule has 0 unspecified atom stereocenters. The Hall–Kier alpha value is -1.42. The topological polar surface area (TPSA) is 53.1 Å². The molecule has 4 heteroatoms. The largest absolute Gasteiger partial charge is 0.384 e. The molecule has 3 N–H and O–H groups in total. The van der Waals surface area contributed by atoms with Gasteiger partial charge in [-0.15, -0.1) is 0 Å². The minimum absolute atomic E-state index is 0.0906. The number of rotatable bonds is 4. The Morgan fingerprint density at radius 2 is 2.05 bits per heavy atom. The lowest BCUT2D eigenvalue weighted by Crippen LogP contribution is -2.38. The van der Waals surface area contributed by atoms with E-state index in [1.807, 2.05) is 0 Å². The van der Waals surface area contributed by atoms with Gasteiger partial charge in [0.1, 0.15) is 11.7 Å². The van der Waals surface area contributed by atoms with Crippen molar-refractivity contribution in [3.8, 4) is 0 Å². The molecule has 0 radical (unpaired) electrons. The minimum Gasteiger partial charge on any atom is -0.384 e. The quantitative estimate of drug-likeness (QED) is 0.656. The third-order valence-electron chi connectivity index (χ3n) is 4.67. The number of nitrogens with one attached hydrogen (secondary N) is 1. The Morgan fingerprint density at radius 1 is 1.40 bits per heavy atom. The maximum absolute atomic E-state index is 14.0. The second-order valence-electron chi connectivity index (χ2n) is 6.16. The zero-order chi connectivity index (χ0) is 14.8. The van der Waals surface area contributed by atoms with Gasteiger partial charge in [-0.05, 0) is 37.4 Å². The van der Waals surface area contributed by atoms with E-state index >= 15 is 0 Å². The number of piperidine rings is 1. The Balaban J connectivity index is 2.00. The van der Waals surface area contributed by atoms with Crippen LogP contribution in [0.2, 0.25) is 0 Å². The predicted octanol–water partition coefficient (Wildman–Crippen LogP) is 3.12. The van der Waals surface area contributed by atoms with Gasteiger partial charge in [-0.2, -0.15) is 0 Å². The summed E-state index contributed by atoms with van der Waals surface area (Å²) in [5, 5.41) is 7.32. The van der Waals surface area contributed by atoms with Gasteiger partial charge in [-0.25, -0.2) is 4.39 Å².